The molecule has 59 heavy (non-hydrogen) atoms. The van der Waals surface area contributed by atoms with E-state index in [0.29, 0.717) is 17.2 Å². The highest BCUT2D eigenvalue weighted by molar-refractivity contribution is 6.12. The van der Waals surface area contributed by atoms with E-state index in [1.807, 2.05) is 36.4 Å². The molecule has 10 aromatic rings. The van der Waals surface area contributed by atoms with Gasteiger partial charge in [0.05, 0.1) is 11.1 Å². The van der Waals surface area contributed by atoms with Crippen molar-refractivity contribution in [2.24, 2.45) is 0 Å². The van der Waals surface area contributed by atoms with Gasteiger partial charge in [-0.05, 0) is 105 Å². The third-order valence-corrected chi connectivity index (χ3v) is 12.6. The lowest BCUT2D eigenvalue weighted by Crippen LogP contribution is -2.25. The normalized spacial score (nSPS) is 13.5. The molecule has 4 heteroatoms. The summed E-state index contributed by atoms with van der Waals surface area (Å²) in [6, 6.07) is 70.8. The number of furan rings is 1. The number of hydrogen-bond acceptors (Lipinski definition) is 4. The van der Waals surface area contributed by atoms with Crippen molar-refractivity contribution >= 4 is 39.0 Å². The largest absolute Gasteiger partial charge is 0.456 e. The first kappa shape index (κ1) is 32.3. The van der Waals surface area contributed by atoms with E-state index in [-0.39, 0.29) is 0 Å². The van der Waals surface area contributed by atoms with Gasteiger partial charge >= 0.3 is 0 Å². The van der Waals surface area contributed by atoms with Crippen LogP contribution in [-0.2, 0) is 5.41 Å². The quantitative estimate of drug-likeness (QED) is 0.179. The van der Waals surface area contributed by atoms with E-state index in [2.05, 4.69) is 169 Å². The molecule has 0 amide bonds. The number of para-hydroxylation sites is 3. The van der Waals surface area contributed by atoms with Crippen LogP contribution in [0.25, 0.3) is 55.3 Å². The minimum Gasteiger partial charge on any atom is -0.456 e. The Morgan fingerprint density at radius 1 is 0.373 bits per heavy atom. The smallest absolute Gasteiger partial charge is 0.194 e. The molecule has 0 saturated carbocycles. The van der Waals surface area contributed by atoms with Crippen LogP contribution in [0, 0.1) is 0 Å². The maximum absolute atomic E-state index is 7.31. The van der Waals surface area contributed by atoms with Crippen molar-refractivity contribution in [3.63, 3.8) is 0 Å². The van der Waals surface area contributed by atoms with Crippen LogP contribution in [0.5, 0.6) is 23.0 Å². The van der Waals surface area contributed by atoms with E-state index in [1.165, 1.54) is 33.4 Å². The van der Waals surface area contributed by atoms with Crippen LogP contribution in [-0.4, -0.2) is 0 Å². The predicted octanol–water partition coefficient (Wildman–Crippen LogP) is 15.0. The zero-order chi connectivity index (χ0) is 38.7. The van der Waals surface area contributed by atoms with Crippen molar-refractivity contribution in [3.05, 3.63) is 222 Å². The fraction of sp³-hybridized carbons (Fsp3) is 0.0182. The van der Waals surface area contributed by atoms with Crippen LogP contribution < -0.4 is 14.4 Å². The summed E-state index contributed by atoms with van der Waals surface area (Å²) in [4.78, 5) is 2.26. The lowest BCUT2D eigenvalue weighted by atomic mass is 9.70. The summed E-state index contributed by atoms with van der Waals surface area (Å²) < 4.78 is 20.4. The maximum Gasteiger partial charge on any atom is 0.194 e. The van der Waals surface area contributed by atoms with E-state index in [0.717, 1.165) is 67.0 Å². The summed E-state index contributed by atoms with van der Waals surface area (Å²) in [5, 5.41) is 2.24. The SMILES string of the molecule is c1ccc(N(c2ccc(-c3cccc4oc5ccccc5c34)cc2)c2cccc3c2Oc2c(ccc4c2-c2ccccc2C42c4ccccc4-c4ccccc42)O3)cc1. The molecule has 3 aliphatic rings. The molecule has 0 N–H and O–H groups in total. The Kier molecular flexibility index (Phi) is 6.62. The van der Waals surface area contributed by atoms with Gasteiger partial charge in [0, 0.05) is 27.7 Å². The lowest BCUT2D eigenvalue weighted by molar-refractivity contribution is 0.361. The summed E-state index contributed by atoms with van der Waals surface area (Å²) in [5.41, 5.74) is 16.2. The Hall–Kier alpha value is -7.82. The number of rotatable bonds is 4. The molecule has 2 aliphatic carbocycles. The van der Waals surface area contributed by atoms with Crippen LogP contribution >= 0.6 is 0 Å². The molecular formula is C55H33NO3. The molecule has 2 heterocycles. The van der Waals surface area contributed by atoms with Crippen molar-refractivity contribution in [2.75, 3.05) is 4.90 Å². The van der Waals surface area contributed by atoms with Gasteiger partial charge in [0.2, 0.25) is 0 Å². The molecule has 9 aromatic carbocycles. The van der Waals surface area contributed by atoms with Crippen LogP contribution in [0.15, 0.2) is 205 Å². The third kappa shape index (κ3) is 4.37. The van der Waals surface area contributed by atoms with Crippen LogP contribution in [0.2, 0.25) is 0 Å². The van der Waals surface area contributed by atoms with E-state index in [9.17, 15) is 0 Å². The molecular weight excluding hydrogens is 723 g/mol. The number of hydrogen-bond donors (Lipinski definition) is 0. The Bertz CT molecular complexity index is 3300. The lowest BCUT2D eigenvalue weighted by Gasteiger charge is -2.32. The van der Waals surface area contributed by atoms with Gasteiger partial charge in [-0.25, -0.2) is 0 Å². The zero-order valence-electron chi connectivity index (χ0n) is 31.7. The highest BCUT2D eigenvalue weighted by Crippen LogP contribution is 2.67. The number of benzene rings is 9. The van der Waals surface area contributed by atoms with Crippen LogP contribution in [0.4, 0.5) is 17.1 Å². The van der Waals surface area contributed by atoms with Gasteiger partial charge in [-0.3, -0.25) is 0 Å². The summed E-state index contributed by atoms with van der Waals surface area (Å²) in [6.07, 6.45) is 0. The standard InChI is InChI=1S/C55H33NO3/c1-2-14-35(15-3-1)56(36-30-28-34(29-31-36)37-20-12-26-48-51(37)41-19-7-11-25-47(41)57-48)46-24-13-27-49-53(46)59-54-50(58-49)33-32-45-52(54)40-18-6-10-23-44(40)55(45)42-21-8-4-16-38(42)39-17-5-9-22-43(39)55/h1-33H. The van der Waals surface area contributed by atoms with Crippen molar-refractivity contribution in [2.45, 2.75) is 5.41 Å². The van der Waals surface area contributed by atoms with Gasteiger partial charge in [-0.1, -0.05) is 146 Å². The fourth-order valence-electron chi connectivity index (χ4n) is 10.2. The van der Waals surface area contributed by atoms with Crippen molar-refractivity contribution in [1.82, 2.24) is 0 Å². The second-order valence-corrected chi connectivity index (χ2v) is 15.5. The molecule has 13 rings (SSSR count). The molecule has 0 radical (unpaired) electrons. The molecule has 4 nitrogen and oxygen atoms in total. The van der Waals surface area contributed by atoms with Gasteiger partial charge in [0.1, 0.15) is 11.2 Å². The van der Waals surface area contributed by atoms with Crippen molar-refractivity contribution in [1.29, 1.82) is 0 Å². The molecule has 0 bridgehead atoms. The van der Waals surface area contributed by atoms with E-state index in [1.54, 1.807) is 0 Å². The van der Waals surface area contributed by atoms with Crippen molar-refractivity contribution < 1.29 is 13.9 Å². The number of ether oxygens (including phenoxy) is 2. The van der Waals surface area contributed by atoms with Gasteiger partial charge in [-0.15, -0.1) is 0 Å². The Labute approximate surface area is 340 Å². The molecule has 1 aromatic heterocycles. The second-order valence-electron chi connectivity index (χ2n) is 15.5. The van der Waals surface area contributed by atoms with E-state index in [4.69, 9.17) is 13.9 Å². The molecule has 1 aliphatic heterocycles. The monoisotopic (exact) mass is 755 g/mol. The third-order valence-electron chi connectivity index (χ3n) is 12.6. The predicted molar refractivity (Wildman–Crippen MR) is 237 cm³/mol. The van der Waals surface area contributed by atoms with Gasteiger partial charge in [0.15, 0.2) is 23.0 Å². The molecule has 0 saturated heterocycles. The van der Waals surface area contributed by atoms with Crippen molar-refractivity contribution in [3.8, 4) is 56.4 Å². The number of fused-ring (bicyclic) bond motifs is 16. The number of anilines is 3. The summed E-state index contributed by atoms with van der Waals surface area (Å²) in [7, 11) is 0. The molecule has 0 fully saturated rings. The van der Waals surface area contributed by atoms with E-state index >= 15 is 0 Å². The first-order chi connectivity index (χ1) is 29.3. The highest BCUT2D eigenvalue weighted by Gasteiger charge is 2.53. The average Bonchev–Trinajstić information content (AvgIpc) is 3.94. The fourth-order valence-corrected chi connectivity index (χ4v) is 10.2. The zero-order valence-corrected chi connectivity index (χ0v) is 31.7. The Balaban J connectivity index is 0.972. The molecule has 0 atom stereocenters. The maximum atomic E-state index is 7.31. The summed E-state index contributed by atoms with van der Waals surface area (Å²) >= 11 is 0. The number of nitrogens with zero attached hydrogens (tertiary/aromatic N) is 1. The summed E-state index contributed by atoms with van der Waals surface area (Å²) in [5.74, 6) is 2.78. The first-order valence-electron chi connectivity index (χ1n) is 20.1. The van der Waals surface area contributed by atoms with Crippen LogP contribution in [0.1, 0.15) is 22.3 Å². The minimum atomic E-state index is -0.484. The second kappa shape index (κ2) is 12.1. The topological polar surface area (TPSA) is 34.8 Å². The molecule has 276 valence electrons. The van der Waals surface area contributed by atoms with Gasteiger partial charge in [-0.2, -0.15) is 0 Å². The minimum absolute atomic E-state index is 0.484. The first-order valence-corrected chi connectivity index (χ1v) is 20.1. The van der Waals surface area contributed by atoms with E-state index < -0.39 is 5.41 Å². The van der Waals surface area contributed by atoms with Crippen LogP contribution in [0.3, 0.4) is 0 Å². The molecule has 1 spiro atoms. The van der Waals surface area contributed by atoms with Gasteiger partial charge in [0.25, 0.3) is 0 Å². The summed E-state index contributed by atoms with van der Waals surface area (Å²) in [6.45, 7) is 0. The molecule has 0 unspecified atom stereocenters. The average molecular weight is 756 g/mol. The Morgan fingerprint density at radius 2 is 0.966 bits per heavy atom. The highest BCUT2D eigenvalue weighted by atomic mass is 16.6. The van der Waals surface area contributed by atoms with Gasteiger partial charge < -0.3 is 18.8 Å². The Morgan fingerprint density at radius 3 is 1.75 bits per heavy atom.